The third kappa shape index (κ3) is 4.21. The molecule has 1 heterocycles. The van der Waals surface area contributed by atoms with Gasteiger partial charge < -0.3 is 20.1 Å². The summed E-state index contributed by atoms with van der Waals surface area (Å²) in [6, 6.07) is 0. The fraction of sp³-hybridized carbons (Fsp3) is 0.875. The first kappa shape index (κ1) is 10.4. The van der Waals surface area contributed by atoms with Crippen molar-refractivity contribution < 1.29 is 14.3 Å². The van der Waals surface area contributed by atoms with Crippen molar-refractivity contribution in [2.75, 3.05) is 33.5 Å². The molecule has 5 nitrogen and oxygen atoms in total. The normalized spacial score (nSPS) is 22.7. The van der Waals surface area contributed by atoms with Crippen LogP contribution in [0, 0.1) is 0 Å². The van der Waals surface area contributed by atoms with Crippen LogP contribution in [0.3, 0.4) is 0 Å². The SMILES string of the molecule is CNC(=O)CNCC1CCOCO1. The summed E-state index contributed by atoms with van der Waals surface area (Å²) in [6.07, 6.45) is 1.07. The van der Waals surface area contributed by atoms with Crippen molar-refractivity contribution >= 4 is 5.91 Å². The third-order valence-electron chi connectivity index (χ3n) is 1.91. The van der Waals surface area contributed by atoms with Crippen LogP contribution >= 0.6 is 0 Å². The smallest absolute Gasteiger partial charge is 0.233 e. The molecule has 0 aromatic heterocycles. The van der Waals surface area contributed by atoms with Gasteiger partial charge in [-0.15, -0.1) is 0 Å². The molecule has 1 rings (SSSR count). The van der Waals surface area contributed by atoms with Gasteiger partial charge in [0.1, 0.15) is 6.79 Å². The molecule has 1 saturated heterocycles. The molecular formula is C8H16N2O3. The van der Waals surface area contributed by atoms with E-state index in [4.69, 9.17) is 9.47 Å². The van der Waals surface area contributed by atoms with Crippen LogP contribution in [0.4, 0.5) is 0 Å². The van der Waals surface area contributed by atoms with Gasteiger partial charge in [-0.05, 0) is 6.42 Å². The van der Waals surface area contributed by atoms with E-state index in [2.05, 4.69) is 10.6 Å². The van der Waals surface area contributed by atoms with Gasteiger partial charge in [0.15, 0.2) is 0 Å². The van der Waals surface area contributed by atoms with Crippen molar-refractivity contribution in [1.29, 1.82) is 0 Å². The number of likely N-dealkylation sites (N-methyl/N-ethyl adjacent to an activating group) is 1. The molecule has 0 bridgehead atoms. The predicted molar refractivity (Wildman–Crippen MR) is 47.2 cm³/mol. The lowest BCUT2D eigenvalue weighted by Gasteiger charge is -2.22. The van der Waals surface area contributed by atoms with Crippen LogP contribution in [0.15, 0.2) is 0 Å². The van der Waals surface area contributed by atoms with E-state index in [1.165, 1.54) is 0 Å². The van der Waals surface area contributed by atoms with Crippen molar-refractivity contribution in [3.63, 3.8) is 0 Å². The lowest BCUT2D eigenvalue weighted by Crippen LogP contribution is -2.38. The van der Waals surface area contributed by atoms with Gasteiger partial charge in [0.2, 0.25) is 5.91 Å². The summed E-state index contributed by atoms with van der Waals surface area (Å²) in [5.74, 6) is -0.00735. The minimum atomic E-state index is -0.00735. The topological polar surface area (TPSA) is 59.6 Å². The molecule has 1 unspecified atom stereocenters. The Morgan fingerprint density at radius 3 is 3.08 bits per heavy atom. The van der Waals surface area contributed by atoms with Gasteiger partial charge in [-0.3, -0.25) is 4.79 Å². The highest BCUT2D eigenvalue weighted by Gasteiger charge is 2.13. The van der Waals surface area contributed by atoms with Crippen LogP contribution in [0.2, 0.25) is 0 Å². The second-order valence-corrected chi connectivity index (χ2v) is 2.91. The first-order valence-electron chi connectivity index (χ1n) is 4.43. The van der Waals surface area contributed by atoms with Gasteiger partial charge in [0.25, 0.3) is 0 Å². The number of carbonyl (C=O) groups is 1. The van der Waals surface area contributed by atoms with Gasteiger partial charge in [-0.1, -0.05) is 0 Å². The van der Waals surface area contributed by atoms with Gasteiger partial charge in [-0.25, -0.2) is 0 Å². The molecule has 13 heavy (non-hydrogen) atoms. The van der Waals surface area contributed by atoms with Gasteiger partial charge in [-0.2, -0.15) is 0 Å². The summed E-state index contributed by atoms with van der Waals surface area (Å²) in [5, 5.41) is 5.55. The van der Waals surface area contributed by atoms with Crippen LogP contribution < -0.4 is 10.6 Å². The second-order valence-electron chi connectivity index (χ2n) is 2.91. The van der Waals surface area contributed by atoms with Crippen LogP contribution in [-0.4, -0.2) is 45.5 Å². The van der Waals surface area contributed by atoms with E-state index in [1.807, 2.05) is 0 Å². The van der Waals surface area contributed by atoms with Crippen molar-refractivity contribution in [2.24, 2.45) is 0 Å². The third-order valence-corrected chi connectivity index (χ3v) is 1.91. The molecule has 0 aliphatic carbocycles. The van der Waals surface area contributed by atoms with E-state index in [1.54, 1.807) is 7.05 Å². The standard InChI is InChI=1S/C8H16N2O3/c1-9-8(11)5-10-4-7-2-3-12-6-13-7/h7,10H,2-6H2,1H3,(H,9,11). The molecule has 1 aliphatic heterocycles. The van der Waals surface area contributed by atoms with Crippen LogP contribution in [0.5, 0.6) is 0 Å². The molecular weight excluding hydrogens is 172 g/mol. The fourth-order valence-corrected chi connectivity index (χ4v) is 1.10. The Bertz CT molecular complexity index is 157. The molecule has 5 heteroatoms. The molecule has 1 fully saturated rings. The van der Waals surface area contributed by atoms with Gasteiger partial charge in [0, 0.05) is 13.6 Å². The summed E-state index contributed by atoms with van der Waals surface area (Å²) in [7, 11) is 1.62. The Morgan fingerprint density at radius 1 is 1.62 bits per heavy atom. The van der Waals surface area contributed by atoms with E-state index in [-0.39, 0.29) is 12.0 Å². The first-order chi connectivity index (χ1) is 6.33. The zero-order valence-electron chi connectivity index (χ0n) is 7.84. The van der Waals surface area contributed by atoms with Gasteiger partial charge in [0.05, 0.1) is 19.3 Å². The number of ether oxygens (including phenoxy) is 2. The number of hydrogen-bond acceptors (Lipinski definition) is 4. The highest BCUT2D eigenvalue weighted by molar-refractivity contribution is 5.77. The average Bonchev–Trinajstić information content (AvgIpc) is 2.19. The first-order valence-corrected chi connectivity index (χ1v) is 4.43. The molecule has 0 aromatic rings. The Kier molecular flexibility index (Phi) is 4.74. The Balaban J connectivity index is 2.01. The Morgan fingerprint density at radius 2 is 2.46 bits per heavy atom. The van der Waals surface area contributed by atoms with E-state index < -0.39 is 0 Å². The summed E-state index contributed by atoms with van der Waals surface area (Å²) >= 11 is 0. The quantitative estimate of drug-likeness (QED) is 0.599. The average molecular weight is 188 g/mol. The number of nitrogens with one attached hydrogen (secondary N) is 2. The molecule has 0 aromatic carbocycles. The maximum Gasteiger partial charge on any atom is 0.233 e. The van der Waals surface area contributed by atoms with Crippen molar-refractivity contribution in [1.82, 2.24) is 10.6 Å². The van der Waals surface area contributed by atoms with Crippen LogP contribution in [0.25, 0.3) is 0 Å². The maximum atomic E-state index is 10.8. The summed E-state index contributed by atoms with van der Waals surface area (Å²) < 4.78 is 10.3. The number of rotatable bonds is 4. The number of carbonyl (C=O) groups excluding carboxylic acids is 1. The molecule has 2 N–H and O–H groups in total. The molecule has 76 valence electrons. The van der Waals surface area contributed by atoms with E-state index in [0.717, 1.165) is 13.0 Å². The molecule has 0 radical (unpaired) electrons. The Hall–Kier alpha value is -0.650. The van der Waals surface area contributed by atoms with E-state index >= 15 is 0 Å². The van der Waals surface area contributed by atoms with Crippen molar-refractivity contribution in [3.8, 4) is 0 Å². The Labute approximate surface area is 77.8 Å². The van der Waals surface area contributed by atoms with E-state index in [9.17, 15) is 4.79 Å². The highest BCUT2D eigenvalue weighted by Crippen LogP contribution is 2.03. The largest absolute Gasteiger partial charge is 0.358 e. The summed E-state index contributed by atoms with van der Waals surface area (Å²) in [6.45, 7) is 2.16. The lowest BCUT2D eigenvalue weighted by molar-refractivity contribution is -0.137. The van der Waals surface area contributed by atoms with E-state index in [0.29, 0.717) is 19.9 Å². The number of amides is 1. The molecule has 1 aliphatic rings. The zero-order valence-corrected chi connectivity index (χ0v) is 7.84. The minimum absolute atomic E-state index is 0.00735. The molecule has 0 spiro atoms. The minimum Gasteiger partial charge on any atom is -0.358 e. The predicted octanol–water partition coefficient (Wildman–Crippen LogP) is -0.915. The molecule has 1 atom stereocenters. The van der Waals surface area contributed by atoms with Gasteiger partial charge >= 0.3 is 0 Å². The summed E-state index contributed by atoms with van der Waals surface area (Å²) in [5.41, 5.74) is 0. The molecule has 1 amide bonds. The second kappa shape index (κ2) is 5.90. The monoisotopic (exact) mass is 188 g/mol. The number of hydrogen-bond donors (Lipinski definition) is 2. The van der Waals surface area contributed by atoms with Crippen molar-refractivity contribution in [3.05, 3.63) is 0 Å². The lowest BCUT2D eigenvalue weighted by atomic mass is 10.2. The zero-order chi connectivity index (χ0) is 9.52. The van der Waals surface area contributed by atoms with Crippen molar-refractivity contribution in [2.45, 2.75) is 12.5 Å². The highest BCUT2D eigenvalue weighted by atomic mass is 16.7. The summed E-state index contributed by atoms with van der Waals surface area (Å²) in [4.78, 5) is 10.8. The molecule has 0 saturated carbocycles. The maximum absolute atomic E-state index is 10.8. The fourth-order valence-electron chi connectivity index (χ4n) is 1.10. The van der Waals surface area contributed by atoms with Crippen LogP contribution in [-0.2, 0) is 14.3 Å². The van der Waals surface area contributed by atoms with Crippen LogP contribution in [0.1, 0.15) is 6.42 Å².